The molecule has 2 rings (SSSR count). The van der Waals surface area contributed by atoms with Crippen LogP contribution in [0.1, 0.15) is 35.0 Å². The van der Waals surface area contributed by atoms with Crippen molar-refractivity contribution in [2.45, 2.75) is 37.6 Å². The number of methoxy groups -OCH3 is 1. The average Bonchev–Trinajstić information content (AvgIpc) is 3.10. The second-order valence-electron chi connectivity index (χ2n) is 4.82. The van der Waals surface area contributed by atoms with Crippen LogP contribution in [0, 0.1) is 12.8 Å². The number of ether oxygens (including phenoxy) is 1. The number of carbonyl (C=O) groups excluding carboxylic acids is 1. The van der Waals surface area contributed by atoms with Crippen molar-refractivity contribution < 1.29 is 17.9 Å². The van der Waals surface area contributed by atoms with Gasteiger partial charge in [0.2, 0.25) is 10.0 Å². The summed E-state index contributed by atoms with van der Waals surface area (Å²) in [7, 11) is -2.43. The molecule has 0 radical (unpaired) electrons. The fourth-order valence-electron chi connectivity index (χ4n) is 2.00. The molecule has 5 nitrogen and oxygen atoms in total. The lowest BCUT2D eigenvalue weighted by Crippen LogP contribution is -2.34. The van der Waals surface area contributed by atoms with E-state index in [4.69, 9.17) is 0 Å². The summed E-state index contributed by atoms with van der Waals surface area (Å²) < 4.78 is 32.1. The molecule has 0 spiro atoms. The second-order valence-corrected chi connectivity index (χ2v) is 7.35. The maximum absolute atomic E-state index is 12.4. The van der Waals surface area contributed by atoms with E-state index in [1.165, 1.54) is 7.11 Å². The summed E-state index contributed by atoms with van der Waals surface area (Å²) in [5.74, 6) is -0.201. The Kier molecular flexibility index (Phi) is 3.98. The standard InChI is InChI=1S/C12H17NO4S2/c1-7-6-18-10(12(14)17-3)11(7)19(15,16)13-8(2)9-4-5-9/h6,8-9,13H,4-5H2,1-3H3. The van der Waals surface area contributed by atoms with Crippen LogP contribution in [0.4, 0.5) is 0 Å². The van der Waals surface area contributed by atoms with Crippen LogP contribution in [-0.2, 0) is 14.8 Å². The van der Waals surface area contributed by atoms with Crippen LogP contribution in [-0.4, -0.2) is 27.5 Å². The van der Waals surface area contributed by atoms with E-state index in [9.17, 15) is 13.2 Å². The zero-order valence-electron chi connectivity index (χ0n) is 11.1. The Bertz CT molecular complexity index is 587. The van der Waals surface area contributed by atoms with Gasteiger partial charge >= 0.3 is 5.97 Å². The SMILES string of the molecule is COC(=O)c1scc(C)c1S(=O)(=O)NC(C)C1CC1. The minimum Gasteiger partial charge on any atom is -0.465 e. The van der Waals surface area contributed by atoms with Crippen LogP contribution in [0.15, 0.2) is 10.3 Å². The number of hydrogen-bond donors (Lipinski definition) is 1. The Morgan fingerprint density at radius 3 is 2.68 bits per heavy atom. The maximum Gasteiger partial charge on any atom is 0.349 e. The van der Waals surface area contributed by atoms with Crippen molar-refractivity contribution in [3.8, 4) is 0 Å². The van der Waals surface area contributed by atoms with E-state index in [0.717, 1.165) is 24.2 Å². The summed E-state index contributed by atoms with van der Waals surface area (Å²) in [5.41, 5.74) is 0.570. The van der Waals surface area contributed by atoms with Crippen LogP contribution >= 0.6 is 11.3 Å². The third-order valence-corrected chi connectivity index (χ3v) is 6.18. The number of thiophene rings is 1. The van der Waals surface area contributed by atoms with Crippen LogP contribution < -0.4 is 4.72 Å². The van der Waals surface area contributed by atoms with Crippen molar-refractivity contribution in [1.29, 1.82) is 0 Å². The smallest absolute Gasteiger partial charge is 0.349 e. The minimum atomic E-state index is -3.68. The number of aryl methyl sites for hydroxylation is 1. The summed E-state index contributed by atoms with van der Waals surface area (Å²) >= 11 is 1.09. The molecule has 1 saturated carbocycles. The highest BCUT2D eigenvalue weighted by Gasteiger charge is 2.34. The molecule has 0 amide bonds. The number of sulfonamides is 1. The first kappa shape index (κ1) is 14.5. The largest absolute Gasteiger partial charge is 0.465 e. The first-order valence-corrected chi connectivity index (χ1v) is 8.42. The van der Waals surface area contributed by atoms with Gasteiger partial charge in [0.25, 0.3) is 0 Å². The molecule has 0 bridgehead atoms. The quantitative estimate of drug-likeness (QED) is 0.844. The number of carbonyl (C=O) groups is 1. The Morgan fingerprint density at radius 1 is 1.53 bits per heavy atom. The van der Waals surface area contributed by atoms with E-state index in [2.05, 4.69) is 9.46 Å². The molecule has 1 atom stereocenters. The predicted molar refractivity (Wildman–Crippen MR) is 72.9 cm³/mol. The molecule has 1 aliphatic carbocycles. The summed E-state index contributed by atoms with van der Waals surface area (Å²) in [6.45, 7) is 3.54. The summed E-state index contributed by atoms with van der Waals surface area (Å²) in [6.07, 6.45) is 2.10. The van der Waals surface area contributed by atoms with Crippen molar-refractivity contribution in [2.24, 2.45) is 5.92 Å². The van der Waals surface area contributed by atoms with Crippen LogP contribution in [0.5, 0.6) is 0 Å². The lowest BCUT2D eigenvalue weighted by molar-refractivity contribution is 0.0602. The van der Waals surface area contributed by atoms with Gasteiger partial charge in [-0.1, -0.05) is 0 Å². The highest BCUT2D eigenvalue weighted by Crippen LogP contribution is 2.34. The molecular weight excluding hydrogens is 286 g/mol. The van der Waals surface area contributed by atoms with Gasteiger partial charge in [-0.05, 0) is 43.6 Å². The van der Waals surface area contributed by atoms with E-state index in [0.29, 0.717) is 11.5 Å². The zero-order chi connectivity index (χ0) is 14.2. The molecule has 0 saturated heterocycles. The van der Waals surface area contributed by atoms with Gasteiger partial charge in [0.05, 0.1) is 7.11 Å². The van der Waals surface area contributed by atoms with E-state index in [1.807, 2.05) is 6.92 Å². The fourth-order valence-corrected chi connectivity index (χ4v) is 5.02. The Morgan fingerprint density at radius 2 is 2.16 bits per heavy atom. The highest BCUT2D eigenvalue weighted by molar-refractivity contribution is 7.89. The third kappa shape index (κ3) is 2.98. The Labute approximate surface area is 117 Å². The van der Waals surface area contributed by atoms with E-state index >= 15 is 0 Å². The second kappa shape index (κ2) is 5.22. The first-order chi connectivity index (χ1) is 8.86. The van der Waals surface area contributed by atoms with Crippen molar-refractivity contribution in [1.82, 2.24) is 4.72 Å². The van der Waals surface area contributed by atoms with Gasteiger partial charge in [-0.25, -0.2) is 17.9 Å². The molecular formula is C12H17NO4S2. The van der Waals surface area contributed by atoms with Crippen molar-refractivity contribution in [3.05, 3.63) is 15.8 Å². The van der Waals surface area contributed by atoms with Gasteiger partial charge in [-0.15, -0.1) is 11.3 Å². The fraction of sp³-hybridized carbons (Fsp3) is 0.583. The lowest BCUT2D eigenvalue weighted by Gasteiger charge is -2.14. The molecule has 1 aromatic heterocycles. The van der Waals surface area contributed by atoms with Gasteiger partial charge in [0, 0.05) is 6.04 Å². The van der Waals surface area contributed by atoms with E-state index in [1.54, 1.807) is 12.3 Å². The normalized spacial score (nSPS) is 17.2. The van der Waals surface area contributed by atoms with Gasteiger partial charge in [0.1, 0.15) is 9.77 Å². The molecule has 1 aromatic rings. The first-order valence-electron chi connectivity index (χ1n) is 6.05. The topological polar surface area (TPSA) is 72.5 Å². The molecule has 1 unspecified atom stereocenters. The van der Waals surface area contributed by atoms with Gasteiger partial charge < -0.3 is 4.74 Å². The Hall–Kier alpha value is -0.920. The summed E-state index contributed by atoms with van der Waals surface area (Å²) in [4.78, 5) is 11.8. The highest BCUT2D eigenvalue weighted by atomic mass is 32.2. The van der Waals surface area contributed by atoms with Crippen LogP contribution in [0.2, 0.25) is 0 Å². The molecule has 19 heavy (non-hydrogen) atoms. The van der Waals surface area contributed by atoms with Gasteiger partial charge in [0.15, 0.2) is 0 Å². The average molecular weight is 303 g/mol. The van der Waals surface area contributed by atoms with Crippen molar-refractivity contribution in [2.75, 3.05) is 7.11 Å². The van der Waals surface area contributed by atoms with E-state index < -0.39 is 16.0 Å². The van der Waals surface area contributed by atoms with Crippen LogP contribution in [0.3, 0.4) is 0 Å². The van der Waals surface area contributed by atoms with E-state index in [-0.39, 0.29) is 15.8 Å². The number of esters is 1. The van der Waals surface area contributed by atoms with Crippen molar-refractivity contribution in [3.63, 3.8) is 0 Å². The predicted octanol–water partition coefficient (Wildman–Crippen LogP) is 1.92. The zero-order valence-corrected chi connectivity index (χ0v) is 12.7. The third-order valence-electron chi connectivity index (χ3n) is 3.23. The van der Waals surface area contributed by atoms with Crippen molar-refractivity contribution >= 4 is 27.3 Å². The molecule has 1 aliphatic rings. The molecule has 7 heteroatoms. The number of rotatable bonds is 5. The lowest BCUT2D eigenvalue weighted by atomic mass is 10.2. The minimum absolute atomic E-state index is 0.0526. The molecule has 0 aliphatic heterocycles. The monoisotopic (exact) mass is 303 g/mol. The van der Waals surface area contributed by atoms with Gasteiger partial charge in [-0.3, -0.25) is 0 Å². The molecule has 1 fully saturated rings. The molecule has 1 N–H and O–H groups in total. The Balaban J connectivity index is 2.33. The number of hydrogen-bond acceptors (Lipinski definition) is 5. The summed E-state index contributed by atoms with van der Waals surface area (Å²) in [5, 5.41) is 1.66. The number of nitrogens with one attached hydrogen (secondary N) is 1. The summed E-state index contributed by atoms with van der Waals surface area (Å²) in [6, 6.07) is -0.102. The molecule has 1 heterocycles. The van der Waals surface area contributed by atoms with Gasteiger partial charge in [-0.2, -0.15) is 0 Å². The van der Waals surface area contributed by atoms with Crippen LogP contribution in [0.25, 0.3) is 0 Å². The molecule has 106 valence electrons. The maximum atomic E-state index is 12.4. The molecule has 0 aromatic carbocycles.